The zero-order valence-corrected chi connectivity index (χ0v) is 14.6. The van der Waals surface area contributed by atoms with Crippen LogP contribution in [0.2, 0.25) is 0 Å². The summed E-state index contributed by atoms with van der Waals surface area (Å²) in [6.45, 7) is 2.74. The molecule has 0 spiro atoms. The number of nitrogens with one attached hydrogen (secondary N) is 1. The van der Waals surface area contributed by atoms with Gasteiger partial charge in [-0.25, -0.2) is 0 Å². The standard InChI is InChI=1S/C19H25NO5/c1-22-15-5-6-17-14(12-25-18(17)11-15)10-19(21)20-7-3-8-23-13-16-4-2-9-24-16/h5-6,11-12,16H,2-4,7-10,13H2,1H3,(H,20,21). The topological polar surface area (TPSA) is 69.9 Å². The number of carbonyl (C=O) groups is 1. The number of rotatable bonds is 9. The van der Waals surface area contributed by atoms with E-state index in [9.17, 15) is 4.79 Å². The molecule has 2 heterocycles. The summed E-state index contributed by atoms with van der Waals surface area (Å²) in [6.07, 6.45) is 5.19. The molecule has 1 aromatic heterocycles. The van der Waals surface area contributed by atoms with Crippen molar-refractivity contribution in [2.75, 3.05) is 33.5 Å². The Bertz CT molecular complexity index is 690. The number of ether oxygens (including phenoxy) is 3. The van der Waals surface area contributed by atoms with Gasteiger partial charge in [-0.1, -0.05) is 0 Å². The van der Waals surface area contributed by atoms with Gasteiger partial charge in [-0.05, 0) is 31.4 Å². The third-order valence-electron chi connectivity index (χ3n) is 4.33. The number of carbonyl (C=O) groups excluding carboxylic acids is 1. The van der Waals surface area contributed by atoms with Gasteiger partial charge in [-0.3, -0.25) is 4.79 Å². The minimum atomic E-state index is -0.0161. The summed E-state index contributed by atoms with van der Waals surface area (Å²) in [4.78, 5) is 12.1. The average Bonchev–Trinajstić information content (AvgIpc) is 3.27. The van der Waals surface area contributed by atoms with Crippen molar-refractivity contribution in [2.24, 2.45) is 0 Å². The van der Waals surface area contributed by atoms with E-state index in [-0.39, 0.29) is 12.0 Å². The second kappa shape index (κ2) is 8.87. The maximum absolute atomic E-state index is 12.1. The van der Waals surface area contributed by atoms with Crippen LogP contribution in [-0.4, -0.2) is 45.5 Å². The maximum Gasteiger partial charge on any atom is 0.224 e. The van der Waals surface area contributed by atoms with Crippen molar-refractivity contribution >= 4 is 16.9 Å². The van der Waals surface area contributed by atoms with Crippen LogP contribution >= 0.6 is 0 Å². The van der Waals surface area contributed by atoms with Gasteiger partial charge in [0.1, 0.15) is 11.3 Å². The van der Waals surface area contributed by atoms with Gasteiger partial charge in [-0.15, -0.1) is 0 Å². The van der Waals surface area contributed by atoms with Gasteiger partial charge in [0.15, 0.2) is 0 Å². The van der Waals surface area contributed by atoms with Gasteiger partial charge in [0.25, 0.3) is 0 Å². The van der Waals surface area contributed by atoms with Crippen molar-refractivity contribution < 1.29 is 23.4 Å². The summed E-state index contributed by atoms with van der Waals surface area (Å²) >= 11 is 0. The Morgan fingerprint density at radius 3 is 3.12 bits per heavy atom. The van der Waals surface area contributed by atoms with Gasteiger partial charge in [0.05, 0.1) is 32.5 Å². The summed E-state index contributed by atoms with van der Waals surface area (Å²) in [5, 5.41) is 3.86. The second-order valence-corrected chi connectivity index (χ2v) is 6.21. The monoisotopic (exact) mass is 347 g/mol. The van der Waals surface area contributed by atoms with E-state index in [0.717, 1.165) is 48.2 Å². The molecule has 3 rings (SSSR count). The molecular formula is C19H25NO5. The Morgan fingerprint density at radius 2 is 2.32 bits per heavy atom. The lowest BCUT2D eigenvalue weighted by molar-refractivity contribution is -0.120. The fourth-order valence-electron chi connectivity index (χ4n) is 2.96. The Balaban J connectivity index is 1.36. The molecule has 1 amide bonds. The Kier molecular flexibility index (Phi) is 6.30. The lowest BCUT2D eigenvalue weighted by Crippen LogP contribution is -2.27. The van der Waals surface area contributed by atoms with Crippen molar-refractivity contribution in [3.8, 4) is 5.75 Å². The quantitative estimate of drug-likeness (QED) is 0.706. The van der Waals surface area contributed by atoms with E-state index < -0.39 is 0 Å². The van der Waals surface area contributed by atoms with Gasteiger partial charge >= 0.3 is 0 Å². The van der Waals surface area contributed by atoms with E-state index in [1.807, 2.05) is 18.2 Å². The summed E-state index contributed by atoms with van der Waals surface area (Å²) in [5.41, 5.74) is 1.61. The lowest BCUT2D eigenvalue weighted by Gasteiger charge is -2.10. The fourth-order valence-corrected chi connectivity index (χ4v) is 2.96. The number of methoxy groups -OCH3 is 1. The highest BCUT2D eigenvalue weighted by molar-refractivity contribution is 5.88. The summed E-state index contributed by atoms with van der Waals surface area (Å²) < 4.78 is 21.8. The van der Waals surface area contributed by atoms with Gasteiger partial charge < -0.3 is 23.9 Å². The van der Waals surface area contributed by atoms with Crippen LogP contribution in [0.1, 0.15) is 24.8 Å². The van der Waals surface area contributed by atoms with Gasteiger partial charge in [0.2, 0.25) is 5.91 Å². The first-order valence-corrected chi connectivity index (χ1v) is 8.76. The second-order valence-electron chi connectivity index (χ2n) is 6.21. The molecule has 6 nitrogen and oxygen atoms in total. The first-order chi connectivity index (χ1) is 12.3. The SMILES string of the molecule is COc1ccc2c(CC(=O)NCCCOCC3CCCO3)coc2c1. The molecule has 0 aliphatic carbocycles. The Hall–Kier alpha value is -2.05. The van der Waals surface area contributed by atoms with E-state index in [0.29, 0.717) is 26.2 Å². The van der Waals surface area contributed by atoms with Crippen LogP contribution in [0.15, 0.2) is 28.9 Å². The first kappa shape index (κ1) is 17.8. The van der Waals surface area contributed by atoms with Crippen molar-refractivity contribution in [3.05, 3.63) is 30.0 Å². The number of furan rings is 1. The predicted octanol–water partition coefficient (Wildman–Crippen LogP) is 2.69. The third-order valence-corrected chi connectivity index (χ3v) is 4.33. The number of fused-ring (bicyclic) bond motifs is 1. The van der Waals surface area contributed by atoms with E-state index >= 15 is 0 Å². The largest absolute Gasteiger partial charge is 0.497 e. The van der Waals surface area contributed by atoms with Crippen LogP contribution in [0.4, 0.5) is 0 Å². The van der Waals surface area contributed by atoms with E-state index in [4.69, 9.17) is 18.6 Å². The van der Waals surface area contributed by atoms with Crippen LogP contribution in [0.25, 0.3) is 11.0 Å². The molecule has 25 heavy (non-hydrogen) atoms. The summed E-state index contributed by atoms with van der Waals surface area (Å²) in [5.74, 6) is 0.721. The third kappa shape index (κ3) is 4.96. The number of hydrogen-bond acceptors (Lipinski definition) is 5. The lowest BCUT2D eigenvalue weighted by atomic mass is 10.1. The van der Waals surface area contributed by atoms with Crippen LogP contribution in [-0.2, 0) is 20.7 Å². The van der Waals surface area contributed by atoms with Crippen molar-refractivity contribution in [1.29, 1.82) is 0 Å². The number of benzene rings is 1. The molecule has 136 valence electrons. The molecule has 0 bridgehead atoms. The highest BCUT2D eigenvalue weighted by atomic mass is 16.5. The van der Waals surface area contributed by atoms with Crippen molar-refractivity contribution in [3.63, 3.8) is 0 Å². The highest BCUT2D eigenvalue weighted by Crippen LogP contribution is 2.25. The van der Waals surface area contributed by atoms with Crippen LogP contribution in [0, 0.1) is 0 Å². The number of amides is 1. The van der Waals surface area contributed by atoms with Gasteiger partial charge in [-0.2, -0.15) is 0 Å². The molecule has 1 fully saturated rings. The van der Waals surface area contributed by atoms with E-state index in [1.54, 1.807) is 13.4 Å². The predicted molar refractivity (Wildman–Crippen MR) is 93.9 cm³/mol. The molecule has 1 aliphatic rings. The van der Waals surface area contributed by atoms with E-state index in [2.05, 4.69) is 5.32 Å². The Labute approximate surface area is 147 Å². The minimum absolute atomic E-state index is 0.0161. The molecule has 1 aromatic carbocycles. The number of hydrogen-bond donors (Lipinski definition) is 1. The van der Waals surface area contributed by atoms with Crippen molar-refractivity contribution in [2.45, 2.75) is 31.8 Å². The normalized spacial score (nSPS) is 17.1. The minimum Gasteiger partial charge on any atom is -0.497 e. The van der Waals surface area contributed by atoms with E-state index in [1.165, 1.54) is 0 Å². The van der Waals surface area contributed by atoms with Crippen LogP contribution < -0.4 is 10.1 Å². The maximum atomic E-state index is 12.1. The summed E-state index contributed by atoms with van der Waals surface area (Å²) in [7, 11) is 1.61. The van der Waals surface area contributed by atoms with Crippen LogP contribution in [0.3, 0.4) is 0 Å². The summed E-state index contributed by atoms with van der Waals surface area (Å²) in [6, 6.07) is 5.60. The molecule has 1 saturated heterocycles. The molecule has 0 radical (unpaired) electrons. The zero-order chi connectivity index (χ0) is 17.5. The molecule has 2 aromatic rings. The molecule has 1 unspecified atom stereocenters. The molecule has 0 saturated carbocycles. The highest BCUT2D eigenvalue weighted by Gasteiger charge is 2.15. The zero-order valence-electron chi connectivity index (χ0n) is 14.6. The van der Waals surface area contributed by atoms with Crippen LogP contribution in [0.5, 0.6) is 5.75 Å². The molecule has 6 heteroatoms. The Morgan fingerprint density at radius 1 is 1.40 bits per heavy atom. The van der Waals surface area contributed by atoms with Gasteiger partial charge in [0, 0.05) is 36.8 Å². The molecular weight excluding hydrogens is 322 g/mol. The fraction of sp³-hybridized carbons (Fsp3) is 0.526. The smallest absolute Gasteiger partial charge is 0.224 e. The van der Waals surface area contributed by atoms with Crippen molar-refractivity contribution in [1.82, 2.24) is 5.32 Å². The first-order valence-electron chi connectivity index (χ1n) is 8.76. The average molecular weight is 347 g/mol. The molecule has 1 aliphatic heterocycles. The molecule has 1 N–H and O–H groups in total. The molecule has 1 atom stereocenters.